The van der Waals surface area contributed by atoms with E-state index in [4.69, 9.17) is 9.47 Å². The van der Waals surface area contributed by atoms with Gasteiger partial charge in [0.05, 0.1) is 0 Å². The molecule has 0 aromatic heterocycles. The molecule has 0 aromatic rings. The fourth-order valence-electron chi connectivity index (χ4n) is 1.97. The molecule has 0 atom stereocenters. The minimum absolute atomic E-state index is 0.202. The maximum absolute atomic E-state index is 11.6. The molecule has 0 fully saturated rings. The molecule has 0 aliphatic rings. The predicted molar refractivity (Wildman–Crippen MR) is 83.7 cm³/mol. The smallest absolute Gasteiger partial charge is 0.333 e. The Balaban J connectivity index is 4.98. The first-order chi connectivity index (χ1) is 9.66. The molecular formula is C17H28O4. The van der Waals surface area contributed by atoms with Crippen LogP contribution in [0.2, 0.25) is 0 Å². The summed E-state index contributed by atoms with van der Waals surface area (Å²) in [5, 5.41) is 0. The summed E-state index contributed by atoms with van der Waals surface area (Å²) in [5.41, 5.74) is 0.344. The van der Waals surface area contributed by atoms with Crippen molar-refractivity contribution >= 4 is 11.9 Å². The Kier molecular flexibility index (Phi) is 8.00. The molecule has 0 radical (unpaired) electrons. The van der Waals surface area contributed by atoms with Crippen LogP contribution < -0.4 is 0 Å². The number of carbonyl (C=O) groups excluding carboxylic acids is 2. The van der Waals surface area contributed by atoms with Crippen LogP contribution in [0.25, 0.3) is 0 Å². The number of carbonyl (C=O) groups is 2. The molecule has 0 aliphatic carbocycles. The highest BCUT2D eigenvalue weighted by Crippen LogP contribution is 2.34. The van der Waals surface area contributed by atoms with Crippen molar-refractivity contribution in [3.8, 4) is 0 Å². The zero-order valence-corrected chi connectivity index (χ0v) is 14.0. The van der Waals surface area contributed by atoms with Crippen LogP contribution in [0.3, 0.4) is 0 Å². The minimum Gasteiger partial charge on any atom is -0.462 e. The Morgan fingerprint density at radius 3 is 1.62 bits per heavy atom. The van der Waals surface area contributed by atoms with Gasteiger partial charge in [0.1, 0.15) is 13.2 Å². The van der Waals surface area contributed by atoms with Gasteiger partial charge in [-0.25, -0.2) is 9.59 Å². The molecule has 0 unspecified atom stereocenters. The van der Waals surface area contributed by atoms with Crippen molar-refractivity contribution in [1.82, 2.24) is 0 Å². The molecule has 21 heavy (non-hydrogen) atoms. The van der Waals surface area contributed by atoms with Gasteiger partial charge in [0.2, 0.25) is 0 Å². The third kappa shape index (κ3) is 6.15. The van der Waals surface area contributed by atoms with E-state index < -0.39 is 11.9 Å². The van der Waals surface area contributed by atoms with E-state index in [1.807, 2.05) is 13.8 Å². The standard InChI is InChI=1S/C17H28O4/c1-8-9-17(14(6)7,10-20-15(18)12(2)3)11-21-16(19)13(4)5/h14H,2,4,8-11H2,1,3,5-7H3. The molecule has 0 rings (SSSR count). The summed E-state index contributed by atoms with van der Waals surface area (Å²) in [7, 11) is 0. The van der Waals surface area contributed by atoms with Crippen LogP contribution in [-0.2, 0) is 19.1 Å². The number of ether oxygens (including phenoxy) is 2. The second-order valence-corrected chi connectivity index (χ2v) is 5.98. The first kappa shape index (κ1) is 19.4. The summed E-state index contributed by atoms with van der Waals surface area (Å²) in [6, 6.07) is 0. The molecule has 0 aliphatic heterocycles. The number of esters is 2. The molecule has 0 saturated carbocycles. The first-order valence-corrected chi connectivity index (χ1v) is 7.31. The van der Waals surface area contributed by atoms with Crippen molar-refractivity contribution < 1.29 is 19.1 Å². The van der Waals surface area contributed by atoms with E-state index in [1.165, 1.54) is 0 Å². The van der Waals surface area contributed by atoms with Gasteiger partial charge in [-0.1, -0.05) is 40.3 Å². The van der Waals surface area contributed by atoms with Gasteiger partial charge in [-0.05, 0) is 26.2 Å². The topological polar surface area (TPSA) is 52.6 Å². The molecule has 0 spiro atoms. The maximum Gasteiger partial charge on any atom is 0.333 e. The van der Waals surface area contributed by atoms with Crippen molar-refractivity contribution in [3.05, 3.63) is 24.3 Å². The lowest BCUT2D eigenvalue weighted by Crippen LogP contribution is -2.39. The number of hydrogen-bond donors (Lipinski definition) is 0. The fraction of sp³-hybridized carbons (Fsp3) is 0.647. The van der Waals surface area contributed by atoms with Crippen LogP contribution in [0.4, 0.5) is 0 Å². The van der Waals surface area contributed by atoms with Crippen molar-refractivity contribution in [2.75, 3.05) is 13.2 Å². The lowest BCUT2D eigenvalue weighted by molar-refractivity contribution is -0.152. The van der Waals surface area contributed by atoms with Gasteiger partial charge in [0.15, 0.2) is 0 Å². The van der Waals surface area contributed by atoms with E-state index >= 15 is 0 Å². The van der Waals surface area contributed by atoms with E-state index in [2.05, 4.69) is 20.1 Å². The van der Waals surface area contributed by atoms with Gasteiger partial charge < -0.3 is 9.47 Å². The van der Waals surface area contributed by atoms with E-state index in [0.29, 0.717) is 11.1 Å². The molecule has 0 heterocycles. The zero-order valence-electron chi connectivity index (χ0n) is 14.0. The summed E-state index contributed by atoms with van der Waals surface area (Å²) in [6.07, 6.45) is 1.71. The van der Waals surface area contributed by atoms with Crippen LogP contribution in [0.1, 0.15) is 47.5 Å². The SMILES string of the molecule is C=C(C)C(=O)OCC(CCC)(COC(=O)C(=C)C)C(C)C. The number of rotatable bonds is 9. The zero-order chi connectivity index (χ0) is 16.6. The minimum atomic E-state index is -0.414. The van der Waals surface area contributed by atoms with Gasteiger partial charge in [-0.3, -0.25) is 0 Å². The van der Waals surface area contributed by atoms with E-state index in [9.17, 15) is 9.59 Å². The van der Waals surface area contributed by atoms with E-state index in [-0.39, 0.29) is 24.5 Å². The molecule has 4 heteroatoms. The van der Waals surface area contributed by atoms with Crippen molar-refractivity contribution in [3.63, 3.8) is 0 Å². The largest absolute Gasteiger partial charge is 0.462 e. The molecule has 0 amide bonds. The van der Waals surface area contributed by atoms with E-state index in [0.717, 1.165) is 12.8 Å². The second kappa shape index (κ2) is 8.65. The average molecular weight is 296 g/mol. The van der Waals surface area contributed by atoms with Crippen molar-refractivity contribution in [2.24, 2.45) is 11.3 Å². The highest BCUT2D eigenvalue weighted by Gasteiger charge is 2.36. The molecule has 0 bridgehead atoms. The van der Waals surface area contributed by atoms with Gasteiger partial charge >= 0.3 is 11.9 Å². The summed E-state index contributed by atoms with van der Waals surface area (Å²) in [6.45, 7) is 16.9. The summed E-state index contributed by atoms with van der Waals surface area (Å²) in [5.74, 6) is -0.627. The Hall–Kier alpha value is -1.58. The highest BCUT2D eigenvalue weighted by molar-refractivity contribution is 5.87. The van der Waals surface area contributed by atoms with Crippen LogP contribution in [-0.4, -0.2) is 25.2 Å². The Morgan fingerprint density at radius 2 is 1.38 bits per heavy atom. The van der Waals surface area contributed by atoms with Gasteiger partial charge in [0, 0.05) is 16.6 Å². The average Bonchev–Trinajstić information content (AvgIpc) is 2.40. The predicted octanol–water partition coefficient (Wildman–Crippen LogP) is 3.67. The fourth-order valence-corrected chi connectivity index (χ4v) is 1.97. The summed E-state index contributed by atoms with van der Waals surface area (Å²) in [4.78, 5) is 23.2. The molecule has 0 saturated heterocycles. The monoisotopic (exact) mass is 296 g/mol. The Morgan fingerprint density at radius 1 is 1.00 bits per heavy atom. The first-order valence-electron chi connectivity index (χ1n) is 7.31. The lowest BCUT2D eigenvalue weighted by atomic mass is 9.75. The summed E-state index contributed by atoms with van der Waals surface area (Å²) >= 11 is 0. The van der Waals surface area contributed by atoms with Crippen LogP contribution in [0.15, 0.2) is 24.3 Å². The lowest BCUT2D eigenvalue weighted by Gasteiger charge is -2.36. The van der Waals surface area contributed by atoms with Gasteiger partial charge in [-0.15, -0.1) is 0 Å². The molecular weight excluding hydrogens is 268 g/mol. The van der Waals surface area contributed by atoms with Gasteiger partial charge in [0.25, 0.3) is 0 Å². The quantitative estimate of drug-likeness (QED) is 0.481. The van der Waals surface area contributed by atoms with Crippen LogP contribution in [0.5, 0.6) is 0 Å². The molecule has 120 valence electrons. The molecule has 0 aromatic carbocycles. The second-order valence-electron chi connectivity index (χ2n) is 5.98. The van der Waals surface area contributed by atoms with Gasteiger partial charge in [-0.2, -0.15) is 0 Å². The van der Waals surface area contributed by atoms with Crippen molar-refractivity contribution in [2.45, 2.75) is 47.5 Å². The third-order valence-electron chi connectivity index (χ3n) is 3.65. The van der Waals surface area contributed by atoms with Crippen LogP contribution >= 0.6 is 0 Å². The molecule has 4 nitrogen and oxygen atoms in total. The summed E-state index contributed by atoms with van der Waals surface area (Å²) < 4.78 is 10.6. The van der Waals surface area contributed by atoms with Crippen LogP contribution in [0, 0.1) is 11.3 Å². The Bertz CT molecular complexity index is 377. The number of hydrogen-bond acceptors (Lipinski definition) is 4. The normalized spacial score (nSPS) is 11.1. The third-order valence-corrected chi connectivity index (χ3v) is 3.65. The van der Waals surface area contributed by atoms with E-state index in [1.54, 1.807) is 13.8 Å². The maximum atomic E-state index is 11.6. The Labute approximate surface area is 128 Å². The highest BCUT2D eigenvalue weighted by atomic mass is 16.5. The molecule has 0 N–H and O–H groups in total. The van der Waals surface area contributed by atoms with Crippen molar-refractivity contribution in [1.29, 1.82) is 0 Å².